The molecule has 0 aliphatic carbocycles. The molecule has 0 aliphatic rings. The van der Waals surface area contributed by atoms with Gasteiger partial charge in [0, 0.05) is 11.6 Å². The molecule has 5 heteroatoms. The Balaban J connectivity index is 0.00000196. The van der Waals surface area contributed by atoms with Gasteiger partial charge in [0.05, 0.1) is 5.56 Å². The van der Waals surface area contributed by atoms with Crippen LogP contribution in [0.25, 0.3) is 0 Å². The first-order valence-electron chi connectivity index (χ1n) is 4.31. The van der Waals surface area contributed by atoms with E-state index in [9.17, 15) is 4.79 Å². The van der Waals surface area contributed by atoms with Crippen LogP contribution in [-0.4, -0.2) is 26.2 Å². The Labute approximate surface area is 100 Å². The lowest BCUT2D eigenvalue weighted by atomic mass is 10.2. The number of benzene rings is 1. The van der Waals surface area contributed by atoms with Crippen LogP contribution in [0.4, 0.5) is 0 Å². The Kier molecular flexibility index (Phi) is 7.13. The number of hydrogen-bond donors (Lipinski definition) is 1. The van der Waals surface area contributed by atoms with Gasteiger partial charge < -0.3 is 10.1 Å². The summed E-state index contributed by atoms with van der Waals surface area (Å²) in [7, 11) is 1.80. The van der Waals surface area contributed by atoms with Gasteiger partial charge in [0.15, 0.2) is 0 Å². The van der Waals surface area contributed by atoms with Crippen LogP contribution in [0, 0.1) is 0 Å². The van der Waals surface area contributed by atoms with Gasteiger partial charge in [-0.15, -0.1) is 12.4 Å². The van der Waals surface area contributed by atoms with E-state index in [1.165, 1.54) is 0 Å². The number of likely N-dealkylation sites (N-methyl/N-ethyl adjacent to an activating group) is 1. The van der Waals surface area contributed by atoms with Gasteiger partial charge in [0.2, 0.25) is 0 Å². The molecule has 0 unspecified atom stereocenters. The molecule has 1 rings (SSSR count). The first-order valence-corrected chi connectivity index (χ1v) is 4.69. The van der Waals surface area contributed by atoms with Crippen LogP contribution in [0.15, 0.2) is 24.3 Å². The fraction of sp³-hybridized carbons (Fsp3) is 0.300. The summed E-state index contributed by atoms with van der Waals surface area (Å²) in [6, 6.07) is 6.69. The van der Waals surface area contributed by atoms with Gasteiger partial charge in [0.25, 0.3) is 0 Å². The monoisotopic (exact) mass is 249 g/mol. The molecule has 0 fully saturated rings. The average molecular weight is 250 g/mol. The Bertz CT molecular complexity index is 318. The molecule has 1 aromatic rings. The first kappa shape index (κ1) is 14.2. The second-order valence-corrected chi connectivity index (χ2v) is 3.19. The third kappa shape index (κ3) is 5.02. The van der Waals surface area contributed by atoms with E-state index in [0.29, 0.717) is 23.7 Å². The van der Waals surface area contributed by atoms with E-state index in [-0.39, 0.29) is 18.4 Å². The number of hydrogen-bond acceptors (Lipinski definition) is 3. The highest BCUT2D eigenvalue weighted by Crippen LogP contribution is 2.11. The van der Waals surface area contributed by atoms with Crippen molar-refractivity contribution in [3.05, 3.63) is 34.9 Å². The summed E-state index contributed by atoms with van der Waals surface area (Å²) in [5, 5.41) is 3.42. The van der Waals surface area contributed by atoms with Gasteiger partial charge in [-0.3, -0.25) is 0 Å². The first-order chi connectivity index (χ1) is 6.74. The zero-order valence-corrected chi connectivity index (χ0v) is 9.90. The summed E-state index contributed by atoms with van der Waals surface area (Å²) in [6.45, 7) is 1.01. The predicted molar refractivity (Wildman–Crippen MR) is 62.9 cm³/mol. The van der Waals surface area contributed by atoms with Crippen LogP contribution < -0.4 is 5.32 Å². The summed E-state index contributed by atoms with van der Waals surface area (Å²) in [5.41, 5.74) is 0.480. The SMILES string of the molecule is CNCCOC(=O)c1cccc(Cl)c1.Cl. The predicted octanol–water partition coefficient (Wildman–Crippen LogP) is 2.14. The highest BCUT2D eigenvalue weighted by molar-refractivity contribution is 6.30. The van der Waals surface area contributed by atoms with Crippen molar-refractivity contribution in [2.45, 2.75) is 0 Å². The molecule has 0 amide bonds. The van der Waals surface area contributed by atoms with E-state index < -0.39 is 0 Å². The Morgan fingerprint density at radius 2 is 2.27 bits per heavy atom. The minimum absolute atomic E-state index is 0. The van der Waals surface area contributed by atoms with Crippen molar-refractivity contribution in [3.63, 3.8) is 0 Å². The van der Waals surface area contributed by atoms with Gasteiger partial charge in [0.1, 0.15) is 6.61 Å². The van der Waals surface area contributed by atoms with Crippen LogP contribution in [0.3, 0.4) is 0 Å². The van der Waals surface area contributed by atoms with Crippen molar-refractivity contribution in [1.29, 1.82) is 0 Å². The summed E-state index contributed by atoms with van der Waals surface area (Å²) < 4.78 is 4.96. The van der Waals surface area contributed by atoms with E-state index in [1.54, 1.807) is 31.3 Å². The van der Waals surface area contributed by atoms with Gasteiger partial charge in [-0.25, -0.2) is 4.79 Å². The summed E-state index contributed by atoms with van der Waals surface area (Å²) in [6.07, 6.45) is 0. The zero-order chi connectivity index (χ0) is 10.4. The van der Waals surface area contributed by atoms with Crippen LogP contribution in [0.2, 0.25) is 5.02 Å². The summed E-state index contributed by atoms with van der Waals surface area (Å²) in [4.78, 5) is 11.4. The van der Waals surface area contributed by atoms with E-state index >= 15 is 0 Å². The van der Waals surface area contributed by atoms with Gasteiger partial charge >= 0.3 is 5.97 Å². The van der Waals surface area contributed by atoms with Gasteiger partial charge in [-0.05, 0) is 25.2 Å². The minimum Gasteiger partial charge on any atom is -0.461 e. The molecule has 0 heterocycles. The largest absolute Gasteiger partial charge is 0.461 e. The molecule has 0 spiro atoms. The number of halogens is 2. The molecule has 0 atom stereocenters. The van der Waals surface area contributed by atoms with Crippen molar-refractivity contribution in [2.75, 3.05) is 20.2 Å². The molecule has 1 N–H and O–H groups in total. The third-order valence-electron chi connectivity index (χ3n) is 1.65. The van der Waals surface area contributed by atoms with Crippen LogP contribution in [-0.2, 0) is 4.74 Å². The number of esters is 1. The molecule has 3 nitrogen and oxygen atoms in total. The standard InChI is InChI=1S/C10H12ClNO2.ClH/c1-12-5-6-14-10(13)8-3-2-4-9(11)7-8;/h2-4,7,12H,5-6H2,1H3;1H. The van der Waals surface area contributed by atoms with Gasteiger partial charge in [-0.1, -0.05) is 17.7 Å². The molecule has 0 aromatic heterocycles. The van der Waals surface area contributed by atoms with Crippen LogP contribution in [0.1, 0.15) is 10.4 Å². The smallest absolute Gasteiger partial charge is 0.338 e. The van der Waals surface area contributed by atoms with E-state index in [4.69, 9.17) is 16.3 Å². The molecule has 1 aromatic carbocycles. The Hall–Kier alpha value is -0.770. The van der Waals surface area contributed by atoms with Crippen molar-refractivity contribution in [2.24, 2.45) is 0 Å². The number of nitrogens with one attached hydrogen (secondary N) is 1. The second kappa shape index (κ2) is 7.51. The molecule has 0 bridgehead atoms. The lowest BCUT2D eigenvalue weighted by molar-refractivity contribution is 0.0510. The number of rotatable bonds is 4. The van der Waals surface area contributed by atoms with Crippen LogP contribution >= 0.6 is 24.0 Å². The van der Waals surface area contributed by atoms with Crippen molar-refractivity contribution >= 4 is 30.0 Å². The fourth-order valence-electron chi connectivity index (χ4n) is 0.945. The average Bonchev–Trinajstić information content (AvgIpc) is 2.18. The lowest BCUT2D eigenvalue weighted by Gasteiger charge is -2.03. The number of carbonyl (C=O) groups excluding carboxylic acids is 1. The van der Waals surface area contributed by atoms with Crippen molar-refractivity contribution in [3.8, 4) is 0 Å². The topological polar surface area (TPSA) is 38.3 Å². The molecule has 15 heavy (non-hydrogen) atoms. The number of ether oxygens (including phenoxy) is 1. The van der Waals surface area contributed by atoms with Crippen molar-refractivity contribution < 1.29 is 9.53 Å². The molecule has 0 aliphatic heterocycles. The minimum atomic E-state index is -0.345. The van der Waals surface area contributed by atoms with Crippen LogP contribution in [0.5, 0.6) is 0 Å². The summed E-state index contributed by atoms with van der Waals surface area (Å²) in [5.74, 6) is -0.345. The maximum atomic E-state index is 11.4. The number of carbonyl (C=O) groups is 1. The highest BCUT2D eigenvalue weighted by Gasteiger charge is 2.06. The molecule has 84 valence electrons. The van der Waals surface area contributed by atoms with Gasteiger partial charge in [-0.2, -0.15) is 0 Å². The molecular formula is C10H13Cl2NO2. The normalized spacial score (nSPS) is 9.20. The third-order valence-corrected chi connectivity index (χ3v) is 1.88. The van der Waals surface area contributed by atoms with E-state index in [2.05, 4.69) is 5.32 Å². The molecule has 0 saturated carbocycles. The molecular weight excluding hydrogens is 237 g/mol. The highest BCUT2D eigenvalue weighted by atomic mass is 35.5. The summed E-state index contributed by atoms with van der Waals surface area (Å²) >= 11 is 5.73. The van der Waals surface area contributed by atoms with E-state index in [0.717, 1.165) is 0 Å². The zero-order valence-electron chi connectivity index (χ0n) is 8.33. The Morgan fingerprint density at radius 1 is 1.53 bits per heavy atom. The van der Waals surface area contributed by atoms with Crippen molar-refractivity contribution in [1.82, 2.24) is 5.32 Å². The second-order valence-electron chi connectivity index (χ2n) is 2.75. The quantitative estimate of drug-likeness (QED) is 0.657. The maximum absolute atomic E-state index is 11.4. The Morgan fingerprint density at radius 3 is 2.87 bits per heavy atom. The van der Waals surface area contributed by atoms with E-state index in [1.807, 2.05) is 0 Å². The fourth-order valence-corrected chi connectivity index (χ4v) is 1.13. The molecule has 0 saturated heterocycles. The maximum Gasteiger partial charge on any atom is 0.338 e. The lowest BCUT2D eigenvalue weighted by Crippen LogP contribution is -2.17. The molecule has 0 radical (unpaired) electrons.